The molecule has 2 aliphatic rings. The molecule has 8 heteroatoms. The fourth-order valence-electron chi connectivity index (χ4n) is 3.29. The molecule has 0 atom stereocenters. The smallest absolute Gasteiger partial charge is 0.162 e. The van der Waals surface area contributed by atoms with Crippen molar-refractivity contribution in [2.24, 2.45) is 5.84 Å². The molecular weight excluding hydrogens is 489 g/mol. The van der Waals surface area contributed by atoms with Crippen molar-refractivity contribution in [3.05, 3.63) is 68.4 Å². The second-order valence-corrected chi connectivity index (χ2v) is 9.28. The third-order valence-electron chi connectivity index (χ3n) is 4.91. The number of anilines is 1. The van der Waals surface area contributed by atoms with Crippen LogP contribution in [0.25, 0.3) is 23.5 Å². The van der Waals surface area contributed by atoms with Gasteiger partial charge in [-0.1, -0.05) is 39.0 Å². The van der Waals surface area contributed by atoms with E-state index < -0.39 is 0 Å². The van der Waals surface area contributed by atoms with Crippen LogP contribution in [0.5, 0.6) is 0 Å². The van der Waals surface area contributed by atoms with Gasteiger partial charge < -0.3 is 15.2 Å². The van der Waals surface area contributed by atoms with E-state index >= 15 is 0 Å². The van der Waals surface area contributed by atoms with E-state index in [1.807, 2.05) is 26.2 Å². The van der Waals surface area contributed by atoms with Gasteiger partial charge in [-0.25, -0.2) is 15.8 Å². The molecule has 0 aromatic carbocycles. The van der Waals surface area contributed by atoms with Crippen LogP contribution in [0.3, 0.4) is 0 Å². The molecule has 0 bridgehead atoms. The van der Waals surface area contributed by atoms with E-state index in [2.05, 4.69) is 56.6 Å². The SMILES string of the molecule is C[NH2+]C1=C(N(C)N)C=IC(N(C)c2nc(-c3ccncc3)nc3c2=CC=CCC=3)=C1. The number of hydrazine groups is 1. The lowest BCUT2D eigenvalue weighted by molar-refractivity contribution is -0.572. The highest BCUT2D eigenvalue weighted by molar-refractivity contribution is 14.2. The number of nitrogens with zero attached hydrogens (tertiary/aromatic N) is 5. The highest BCUT2D eigenvalue weighted by Gasteiger charge is 2.19. The van der Waals surface area contributed by atoms with E-state index in [-0.39, 0.29) is 20.7 Å². The molecule has 7 nitrogen and oxygen atoms in total. The number of aromatic nitrogens is 3. The average molecular weight is 514 g/mol. The summed E-state index contributed by atoms with van der Waals surface area (Å²) in [5, 5.41) is 5.79. The Hall–Kier alpha value is -2.69. The van der Waals surface area contributed by atoms with E-state index in [1.54, 1.807) is 17.4 Å². The predicted octanol–water partition coefficient (Wildman–Crippen LogP) is 0.334. The van der Waals surface area contributed by atoms with Gasteiger partial charge in [0.25, 0.3) is 0 Å². The second-order valence-electron chi connectivity index (χ2n) is 6.92. The molecule has 1 aliphatic carbocycles. The van der Waals surface area contributed by atoms with Crippen LogP contribution in [0.2, 0.25) is 0 Å². The molecule has 0 fully saturated rings. The van der Waals surface area contributed by atoms with Gasteiger partial charge in [-0.2, -0.15) is 0 Å². The number of likely N-dealkylation sites (N-methyl/N-ethyl adjacent to an activating group) is 1. The average Bonchev–Trinajstić information content (AvgIpc) is 3.03. The standard InChI is InChI=1S/C22H24IN7/c1-25-18-13-20(23-14-19(18)30(3)24)29(2)22-16-7-5-4-6-8-17(16)27-21(28-22)15-9-11-26-12-10-15/h4-5,7-14,25H,6,24H2,1-3H3/p+1. The van der Waals surface area contributed by atoms with E-state index in [0.717, 1.165) is 39.8 Å². The summed E-state index contributed by atoms with van der Waals surface area (Å²) in [5.74, 6) is 7.64. The number of nitrogens with two attached hydrogens (primary N) is 2. The van der Waals surface area contributed by atoms with Gasteiger partial charge in [0.1, 0.15) is 11.5 Å². The Bertz CT molecular complexity index is 1190. The molecule has 0 amide bonds. The van der Waals surface area contributed by atoms with Gasteiger partial charge >= 0.3 is 0 Å². The van der Waals surface area contributed by atoms with Crippen molar-refractivity contribution in [3.63, 3.8) is 0 Å². The van der Waals surface area contributed by atoms with Crippen molar-refractivity contribution in [2.45, 2.75) is 6.42 Å². The topological polar surface area (TPSA) is 87.8 Å². The fourth-order valence-corrected chi connectivity index (χ4v) is 5.86. The molecular formula is C22H25IN7+. The summed E-state index contributed by atoms with van der Waals surface area (Å²) < 4.78 is 3.52. The minimum Gasteiger partial charge on any atom is -0.324 e. The first-order valence-corrected chi connectivity index (χ1v) is 12.0. The number of rotatable bonds is 5. The third kappa shape index (κ3) is 4.11. The molecule has 2 aromatic heterocycles. The number of halogens is 1. The molecule has 30 heavy (non-hydrogen) atoms. The predicted molar refractivity (Wildman–Crippen MR) is 131 cm³/mol. The highest BCUT2D eigenvalue weighted by atomic mass is 127. The van der Waals surface area contributed by atoms with Crippen LogP contribution in [0.15, 0.2) is 57.9 Å². The van der Waals surface area contributed by atoms with Crippen LogP contribution >= 0.6 is 20.7 Å². The van der Waals surface area contributed by atoms with E-state index in [1.165, 1.54) is 3.70 Å². The van der Waals surface area contributed by atoms with Crippen molar-refractivity contribution in [3.8, 4) is 11.4 Å². The first-order valence-electron chi connectivity index (χ1n) is 9.68. The molecule has 0 unspecified atom stereocenters. The number of pyridine rings is 1. The Morgan fingerprint density at radius 1 is 1.17 bits per heavy atom. The minimum absolute atomic E-state index is 0.361. The number of quaternary nitrogens is 1. The van der Waals surface area contributed by atoms with Crippen molar-refractivity contribution >= 4 is 42.7 Å². The summed E-state index contributed by atoms with van der Waals surface area (Å²) in [6.45, 7) is 0. The summed E-state index contributed by atoms with van der Waals surface area (Å²) in [4.78, 5) is 16.2. The Morgan fingerprint density at radius 2 is 1.97 bits per heavy atom. The zero-order valence-electron chi connectivity index (χ0n) is 17.2. The number of hydrogen-bond acceptors (Lipinski definition) is 6. The molecule has 0 spiro atoms. The number of hydrogen-bond donors (Lipinski definition) is 2. The monoisotopic (exact) mass is 514 g/mol. The Labute approximate surface area is 185 Å². The molecule has 4 N–H and O–H groups in total. The summed E-state index contributed by atoms with van der Waals surface area (Å²) in [6, 6.07) is 3.89. The van der Waals surface area contributed by atoms with E-state index in [0.29, 0.717) is 5.82 Å². The lowest BCUT2D eigenvalue weighted by atomic mass is 10.2. The van der Waals surface area contributed by atoms with Gasteiger partial charge in [0.05, 0.1) is 16.1 Å². The van der Waals surface area contributed by atoms with Crippen LogP contribution in [0, 0.1) is 0 Å². The molecule has 0 radical (unpaired) electrons. The number of fused-ring (bicyclic) bond motifs is 1. The lowest BCUT2D eigenvalue weighted by Gasteiger charge is -2.24. The highest BCUT2D eigenvalue weighted by Crippen LogP contribution is 2.27. The largest absolute Gasteiger partial charge is 0.324 e. The molecule has 2 aromatic rings. The zero-order chi connectivity index (χ0) is 21.1. The summed E-state index contributed by atoms with van der Waals surface area (Å²) in [7, 11) is 6.01. The molecule has 4 rings (SSSR count). The van der Waals surface area contributed by atoms with Crippen molar-refractivity contribution in [1.29, 1.82) is 0 Å². The van der Waals surface area contributed by atoms with E-state index in [9.17, 15) is 0 Å². The van der Waals surface area contributed by atoms with E-state index in [4.69, 9.17) is 15.8 Å². The van der Waals surface area contributed by atoms with Crippen LogP contribution in [-0.4, -0.2) is 45.1 Å². The maximum Gasteiger partial charge on any atom is 0.162 e. The normalized spacial score (nSPS) is 15.3. The Balaban J connectivity index is 1.88. The molecule has 0 saturated carbocycles. The van der Waals surface area contributed by atoms with Crippen LogP contribution < -0.4 is 26.6 Å². The molecule has 154 valence electrons. The summed E-state index contributed by atoms with van der Waals surface area (Å²) >= 11 is -0.361. The lowest BCUT2D eigenvalue weighted by Crippen LogP contribution is -2.78. The molecule has 0 saturated heterocycles. The minimum atomic E-state index is -0.361. The van der Waals surface area contributed by atoms with Gasteiger partial charge in [0, 0.05) is 47.4 Å². The first kappa shape index (κ1) is 20.6. The first-order chi connectivity index (χ1) is 14.6. The van der Waals surface area contributed by atoms with Crippen LogP contribution in [0.4, 0.5) is 5.82 Å². The maximum atomic E-state index is 6.02. The quantitative estimate of drug-likeness (QED) is 0.259. The van der Waals surface area contributed by atoms with Gasteiger partial charge in [-0.3, -0.25) is 4.98 Å². The summed E-state index contributed by atoms with van der Waals surface area (Å²) in [5.41, 5.74) is 3.16. The molecule has 1 aliphatic heterocycles. The molecule has 3 heterocycles. The van der Waals surface area contributed by atoms with Crippen molar-refractivity contribution in [1.82, 2.24) is 20.0 Å². The second kappa shape index (κ2) is 8.99. The van der Waals surface area contributed by atoms with Crippen molar-refractivity contribution < 1.29 is 5.32 Å². The van der Waals surface area contributed by atoms with Gasteiger partial charge in [0.2, 0.25) is 0 Å². The maximum absolute atomic E-state index is 6.02. The van der Waals surface area contributed by atoms with Gasteiger partial charge in [-0.15, -0.1) is 0 Å². The fraction of sp³-hybridized carbons (Fsp3) is 0.182. The van der Waals surface area contributed by atoms with Crippen LogP contribution in [-0.2, 0) is 0 Å². The van der Waals surface area contributed by atoms with Crippen LogP contribution in [0.1, 0.15) is 6.42 Å². The Kier molecular flexibility index (Phi) is 6.16. The third-order valence-corrected chi connectivity index (χ3v) is 7.48. The summed E-state index contributed by atoms with van der Waals surface area (Å²) in [6.07, 6.45) is 15.1. The number of allylic oxidation sites excluding steroid dienone is 4. The zero-order valence-corrected chi connectivity index (χ0v) is 19.4. The Morgan fingerprint density at radius 3 is 2.70 bits per heavy atom. The van der Waals surface area contributed by atoms with Gasteiger partial charge in [-0.05, 0) is 24.6 Å². The van der Waals surface area contributed by atoms with Gasteiger partial charge in [0.15, 0.2) is 11.5 Å². The van der Waals surface area contributed by atoms with Crippen molar-refractivity contribution in [2.75, 3.05) is 26.0 Å².